The van der Waals surface area contributed by atoms with Crippen molar-refractivity contribution < 1.29 is 4.74 Å². The van der Waals surface area contributed by atoms with Crippen molar-refractivity contribution in [1.29, 1.82) is 0 Å². The number of rotatable bonds is 4. The van der Waals surface area contributed by atoms with Gasteiger partial charge in [0.05, 0.1) is 13.2 Å². The molecule has 2 N–H and O–H groups in total. The number of hydrogen-bond donors (Lipinski definition) is 2. The van der Waals surface area contributed by atoms with E-state index in [2.05, 4.69) is 28.1 Å². The third-order valence-electron chi connectivity index (χ3n) is 2.27. The van der Waals surface area contributed by atoms with Gasteiger partial charge < -0.3 is 15.4 Å². The molecule has 2 rings (SSSR count). The Hall–Kier alpha value is -0.420. The second-order valence-corrected chi connectivity index (χ2v) is 4.47. The van der Waals surface area contributed by atoms with Crippen molar-refractivity contribution in [3.05, 3.63) is 22.4 Å². The van der Waals surface area contributed by atoms with Crippen LogP contribution < -0.4 is 10.6 Å². The molecule has 0 spiro atoms. The van der Waals surface area contributed by atoms with Crippen LogP contribution in [0.15, 0.2) is 17.5 Å². The van der Waals surface area contributed by atoms with Crippen molar-refractivity contribution in [1.82, 2.24) is 10.6 Å². The molecular formula is C10H16N2OS. The summed E-state index contributed by atoms with van der Waals surface area (Å²) in [4.78, 5) is 1.39. The van der Waals surface area contributed by atoms with Gasteiger partial charge in [0.2, 0.25) is 0 Å². The van der Waals surface area contributed by atoms with Gasteiger partial charge in [-0.2, -0.15) is 0 Å². The number of morpholine rings is 1. The molecule has 4 heteroatoms. The minimum Gasteiger partial charge on any atom is -0.378 e. The highest BCUT2D eigenvalue weighted by Crippen LogP contribution is 2.07. The van der Waals surface area contributed by atoms with E-state index in [-0.39, 0.29) is 0 Å². The fourth-order valence-electron chi connectivity index (χ4n) is 1.53. The maximum absolute atomic E-state index is 5.37. The Morgan fingerprint density at radius 3 is 3.36 bits per heavy atom. The van der Waals surface area contributed by atoms with Gasteiger partial charge in [0, 0.05) is 30.6 Å². The van der Waals surface area contributed by atoms with E-state index in [1.165, 1.54) is 4.88 Å². The fraction of sp³-hybridized carbons (Fsp3) is 0.600. The highest BCUT2D eigenvalue weighted by molar-refractivity contribution is 7.09. The van der Waals surface area contributed by atoms with Crippen LogP contribution >= 0.6 is 11.3 Å². The number of thiophene rings is 1. The second kappa shape index (κ2) is 5.46. The molecule has 1 aliphatic rings. The lowest BCUT2D eigenvalue weighted by atomic mass is 10.3. The average Bonchev–Trinajstić information content (AvgIpc) is 2.72. The molecule has 1 unspecified atom stereocenters. The molecule has 78 valence electrons. The molecule has 0 saturated carbocycles. The Morgan fingerprint density at radius 1 is 1.64 bits per heavy atom. The number of hydrogen-bond acceptors (Lipinski definition) is 4. The highest BCUT2D eigenvalue weighted by Gasteiger charge is 2.11. The molecule has 0 aliphatic carbocycles. The van der Waals surface area contributed by atoms with Gasteiger partial charge >= 0.3 is 0 Å². The first-order valence-corrected chi connectivity index (χ1v) is 5.87. The summed E-state index contributed by atoms with van der Waals surface area (Å²) in [5, 5.41) is 8.95. The predicted molar refractivity (Wildman–Crippen MR) is 58.6 cm³/mol. The zero-order valence-electron chi connectivity index (χ0n) is 8.16. The zero-order chi connectivity index (χ0) is 9.64. The SMILES string of the molecule is c1csc(CNCC2COCCN2)c1. The van der Waals surface area contributed by atoms with Crippen LogP contribution in [0.25, 0.3) is 0 Å². The van der Waals surface area contributed by atoms with Crippen LogP contribution in [0.3, 0.4) is 0 Å². The molecule has 0 radical (unpaired) electrons. The maximum atomic E-state index is 5.37. The topological polar surface area (TPSA) is 33.3 Å². The standard InChI is InChI=1S/C10H16N2OS/c1-2-10(14-5-1)7-11-6-9-8-13-4-3-12-9/h1-2,5,9,11-12H,3-4,6-8H2. The van der Waals surface area contributed by atoms with Crippen LogP contribution in [0.2, 0.25) is 0 Å². The third-order valence-corrected chi connectivity index (χ3v) is 3.14. The average molecular weight is 212 g/mol. The molecule has 0 amide bonds. The molecule has 1 atom stereocenters. The summed E-state index contributed by atoms with van der Waals surface area (Å²) >= 11 is 1.80. The Labute approximate surface area is 88.5 Å². The summed E-state index contributed by atoms with van der Waals surface area (Å²) in [6.45, 7) is 4.61. The monoisotopic (exact) mass is 212 g/mol. The Kier molecular flexibility index (Phi) is 3.94. The Bertz CT molecular complexity index is 245. The molecule has 1 saturated heterocycles. The maximum Gasteiger partial charge on any atom is 0.0632 e. The first-order valence-electron chi connectivity index (χ1n) is 4.99. The van der Waals surface area contributed by atoms with Crippen molar-refractivity contribution in [3.63, 3.8) is 0 Å². The van der Waals surface area contributed by atoms with E-state index >= 15 is 0 Å². The summed E-state index contributed by atoms with van der Waals surface area (Å²) in [5.74, 6) is 0. The van der Waals surface area contributed by atoms with Crippen LogP contribution in [0.1, 0.15) is 4.88 Å². The van der Waals surface area contributed by atoms with E-state index in [4.69, 9.17) is 4.74 Å². The Morgan fingerprint density at radius 2 is 2.64 bits per heavy atom. The van der Waals surface area contributed by atoms with Gasteiger partial charge in [-0.25, -0.2) is 0 Å². The smallest absolute Gasteiger partial charge is 0.0632 e. The summed E-state index contributed by atoms with van der Waals surface area (Å²) < 4.78 is 5.37. The van der Waals surface area contributed by atoms with Crippen molar-refractivity contribution in [2.24, 2.45) is 0 Å². The summed E-state index contributed by atoms with van der Waals surface area (Å²) in [7, 11) is 0. The van der Waals surface area contributed by atoms with E-state index in [1.807, 2.05) is 0 Å². The highest BCUT2D eigenvalue weighted by atomic mass is 32.1. The van der Waals surface area contributed by atoms with E-state index in [9.17, 15) is 0 Å². The summed E-state index contributed by atoms with van der Waals surface area (Å²) in [6, 6.07) is 4.72. The minimum atomic E-state index is 0.476. The van der Waals surface area contributed by atoms with Gasteiger partial charge in [-0.05, 0) is 11.4 Å². The predicted octanol–water partition coefficient (Wildman–Crippen LogP) is 0.826. The molecule has 14 heavy (non-hydrogen) atoms. The quantitative estimate of drug-likeness (QED) is 0.775. The van der Waals surface area contributed by atoms with Crippen LogP contribution in [0, 0.1) is 0 Å². The van der Waals surface area contributed by atoms with Crippen molar-refractivity contribution >= 4 is 11.3 Å². The molecule has 1 aromatic rings. The fourth-order valence-corrected chi connectivity index (χ4v) is 2.21. The Balaban J connectivity index is 1.62. The van der Waals surface area contributed by atoms with Gasteiger partial charge in [0.1, 0.15) is 0 Å². The van der Waals surface area contributed by atoms with Crippen LogP contribution in [0.4, 0.5) is 0 Å². The molecule has 1 aromatic heterocycles. The summed E-state index contributed by atoms with van der Waals surface area (Å²) in [5.41, 5.74) is 0. The van der Waals surface area contributed by atoms with E-state index in [0.717, 1.165) is 32.8 Å². The van der Waals surface area contributed by atoms with Gasteiger partial charge in [-0.15, -0.1) is 11.3 Å². The normalized spacial score (nSPS) is 22.4. The third kappa shape index (κ3) is 3.06. The van der Waals surface area contributed by atoms with Crippen LogP contribution in [-0.4, -0.2) is 32.3 Å². The molecule has 0 aromatic carbocycles. The lowest BCUT2D eigenvalue weighted by Crippen LogP contribution is -2.47. The largest absolute Gasteiger partial charge is 0.378 e. The minimum absolute atomic E-state index is 0.476. The van der Waals surface area contributed by atoms with Gasteiger partial charge in [0.15, 0.2) is 0 Å². The van der Waals surface area contributed by atoms with E-state index in [1.54, 1.807) is 11.3 Å². The summed E-state index contributed by atoms with van der Waals surface area (Å²) in [6.07, 6.45) is 0. The molecule has 1 aliphatic heterocycles. The van der Waals surface area contributed by atoms with Crippen LogP contribution in [-0.2, 0) is 11.3 Å². The van der Waals surface area contributed by atoms with Gasteiger partial charge in [0.25, 0.3) is 0 Å². The molecular weight excluding hydrogens is 196 g/mol. The first-order chi connectivity index (χ1) is 6.95. The van der Waals surface area contributed by atoms with Gasteiger partial charge in [-0.1, -0.05) is 6.07 Å². The van der Waals surface area contributed by atoms with Crippen molar-refractivity contribution in [2.45, 2.75) is 12.6 Å². The van der Waals surface area contributed by atoms with Crippen molar-refractivity contribution in [3.8, 4) is 0 Å². The number of nitrogens with one attached hydrogen (secondary N) is 2. The van der Waals surface area contributed by atoms with E-state index in [0.29, 0.717) is 6.04 Å². The molecule has 0 bridgehead atoms. The second-order valence-electron chi connectivity index (χ2n) is 3.44. The lowest BCUT2D eigenvalue weighted by Gasteiger charge is -2.23. The lowest BCUT2D eigenvalue weighted by molar-refractivity contribution is 0.0767. The molecule has 2 heterocycles. The van der Waals surface area contributed by atoms with Gasteiger partial charge in [-0.3, -0.25) is 0 Å². The molecule has 3 nitrogen and oxygen atoms in total. The van der Waals surface area contributed by atoms with Crippen LogP contribution in [0.5, 0.6) is 0 Å². The molecule has 1 fully saturated rings. The van der Waals surface area contributed by atoms with E-state index < -0.39 is 0 Å². The number of ether oxygens (including phenoxy) is 1. The first kappa shape index (κ1) is 10.1. The van der Waals surface area contributed by atoms with Crippen molar-refractivity contribution in [2.75, 3.05) is 26.3 Å². The zero-order valence-corrected chi connectivity index (χ0v) is 8.98.